The Bertz CT molecular complexity index is 970. The Morgan fingerprint density at radius 2 is 1.83 bits per heavy atom. The number of imide groups is 1. The predicted molar refractivity (Wildman–Crippen MR) is 111 cm³/mol. The van der Waals surface area contributed by atoms with E-state index in [0.717, 1.165) is 5.56 Å². The molecule has 9 heteroatoms. The third kappa shape index (κ3) is 3.88. The van der Waals surface area contributed by atoms with Gasteiger partial charge < -0.3 is 10.2 Å². The van der Waals surface area contributed by atoms with Crippen LogP contribution in [0.1, 0.15) is 24.8 Å². The number of hydrogen-bond acceptors (Lipinski definition) is 7. The summed E-state index contributed by atoms with van der Waals surface area (Å²) in [6.07, 6.45) is 3.10. The minimum atomic E-state index is -0.542. The van der Waals surface area contributed by atoms with Gasteiger partial charge in [0.05, 0.1) is 23.1 Å². The topological polar surface area (TPSA) is 109 Å². The normalized spacial score (nSPS) is 20.1. The average Bonchev–Trinajstić information content (AvgIpc) is 3.02. The van der Waals surface area contributed by atoms with E-state index in [9.17, 15) is 19.7 Å². The number of amides is 2. The number of hydrogen-bond donors (Lipinski definition) is 1. The Labute approximate surface area is 173 Å². The Hall–Kier alpha value is -3.33. The standard InChI is InChI=1S/C21H23N5O4/c1-14-4-6-16(7-5-14)25-19(27)13-17(21(25)28)23-15-8-11-24(12-9-15)20-18(26(29)30)3-2-10-22-20/h2-7,10,15,17,23H,8-9,11-13H2,1H3. The molecule has 0 saturated carbocycles. The van der Waals surface area contributed by atoms with Crippen molar-refractivity contribution in [1.82, 2.24) is 10.3 Å². The summed E-state index contributed by atoms with van der Waals surface area (Å²) >= 11 is 0. The molecule has 1 aromatic heterocycles. The van der Waals surface area contributed by atoms with E-state index in [0.29, 0.717) is 37.4 Å². The van der Waals surface area contributed by atoms with Crippen molar-refractivity contribution in [3.8, 4) is 0 Å². The van der Waals surface area contributed by atoms with Gasteiger partial charge >= 0.3 is 5.69 Å². The largest absolute Gasteiger partial charge is 0.351 e. The molecule has 2 fully saturated rings. The second-order valence-electron chi connectivity index (χ2n) is 7.69. The lowest BCUT2D eigenvalue weighted by molar-refractivity contribution is -0.384. The Morgan fingerprint density at radius 3 is 2.50 bits per heavy atom. The fourth-order valence-corrected chi connectivity index (χ4v) is 4.04. The van der Waals surface area contributed by atoms with Crippen LogP contribution in [0.5, 0.6) is 0 Å². The van der Waals surface area contributed by atoms with Crippen molar-refractivity contribution < 1.29 is 14.5 Å². The van der Waals surface area contributed by atoms with Crippen LogP contribution < -0.4 is 15.1 Å². The van der Waals surface area contributed by atoms with Gasteiger partial charge in [-0.25, -0.2) is 9.88 Å². The molecule has 0 spiro atoms. The number of aryl methyl sites for hydroxylation is 1. The summed E-state index contributed by atoms with van der Waals surface area (Å²) in [6.45, 7) is 3.13. The van der Waals surface area contributed by atoms with Gasteiger partial charge in [-0.15, -0.1) is 0 Å². The van der Waals surface area contributed by atoms with Crippen LogP contribution in [0, 0.1) is 17.0 Å². The number of benzene rings is 1. The summed E-state index contributed by atoms with van der Waals surface area (Å²) in [5, 5.41) is 14.6. The van der Waals surface area contributed by atoms with E-state index in [-0.39, 0.29) is 30.0 Å². The fourth-order valence-electron chi connectivity index (χ4n) is 4.04. The van der Waals surface area contributed by atoms with Gasteiger partial charge in [-0.3, -0.25) is 19.7 Å². The number of piperidine rings is 1. The molecule has 9 nitrogen and oxygen atoms in total. The zero-order valence-electron chi connectivity index (χ0n) is 16.7. The number of pyridine rings is 1. The van der Waals surface area contributed by atoms with Crippen molar-refractivity contribution in [2.24, 2.45) is 0 Å². The highest BCUT2D eigenvalue weighted by atomic mass is 16.6. The lowest BCUT2D eigenvalue weighted by Crippen LogP contribution is -2.49. The third-order valence-corrected chi connectivity index (χ3v) is 5.63. The Balaban J connectivity index is 1.38. The first-order valence-corrected chi connectivity index (χ1v) is 9.98. The van der Waals surface area contributed by atoms with Gasteiger partial charge in [0.15, 0.2) is 0 Å². The SMILES string of the molecule is Cc1ccc(N2C(=O)CC(NC3CCN(c4ncccc4[N+](=O)[O-])CC3)C2=O)cc1. The van der Waals surface area contributed by atoms with E-state index in [1.807, 2.05) is 24.0 Å². The molecule has 2 aliphatic heterocycles. The number of nitro groups is 1. The van der Waals surface area contributed by atoms with E-state index < -0.39 is 11.0 Å². The smallest absolute Gasteiger partial charge is 0.311 e. The Kier molecular flexibility index (Phi) is 5.45. The molecular formula is C21H23N5O4. The van der Waals surface area contributed by atoms with Gasteiger partial charge in [0.2, 0.25) is 11.7 Å². The monoisotopic (exact) mass is 409 g/mol. The molecule has 0 radical (unpaired) electrons. The van der Waals surface area contributed by atoms with Crippen molar-refractivity contribution in [2.45, 2.75) is 38.3 Å². The molecule has 2 aromatic rings. The quantitative estimate of drug-likeness (QED) is 0.458. The summed E-state index contributed by atoms with van der Waals surface area (Å²) in [7, 11) is 0. The third-order valence-electron chi connectivity index (χ3n) is 5.63. The summed E-state index contributed by atoms with van der Waals surface area (Å²) in [4.78, 5) is 43.4. The summed E-state index contributed by atoms with van der Waals surface area (Å²) < 4.78 is 0. The van der Waals surface area contributed by atoms with Gasteiger partial charge in [-0.2, -0.15) is 0 Å². The minimum absolute atomic E-state index is 0.00536. The zero-order chi connectivity index (χ0) is 21.3. The molecule has 30 heavy (non-hydrogen) atoms. The van der Waals surface area contributed by atoms with E-state index in [4.69, 9.17) is 0 Å². The first kappa shape index (κ1) is 20.0. The van der Waals surface area contributed by atoms with Crippen molar-refractivity contribution in [2.75, 3.05) is 22.9 Å². The van der Waals surface area contributed by atoms with Crippen molar-refractivity contribution in [1.29, 1.82) is 0 Å². The highest BCUT2D eigenvalue weighted by Crippen LogP contribution is 2.28. The van der Waals surface area contributed by atoms with Crippen LogP contribution in [0.25, 0.3) is 0 Å². The number of carbonyl (C=O) groups is 2. The van der Waals surface area contributed by atoms with Crippen LogP contribution in [0.15, 0.2) is 42.6 Å². The fraction of sp³-hybridized carbons (Fsp3) is 0.381. The lowest BCUT2D eigenvalue weighted by Gasteiger charge is -2.33. The zero-order valence-corrected chi connectivity index (χ0v) is 16.7. The molecule has 156 valence electrons. The van der Waals surface area contributed by atoms with Crippen LogP contribution in [0.3, 0.4) is 0 Å². The first-order chi connectivity index (χ1) is 14.4. The number of carbonyl (C=O) groups excluding carboxylic acids is 2. The van der Waals surface area contributed by atoms with Crippen LogP contribution in [-0.4, -0.2) is 46.9 Å². The second-order valence-corrected chi connectivity index (χ2v) is 7.69. The molecule has 0 aliphatic carbocycles. The average molecular weight is 409 g/mol. The van der Waals surface area contributed by atoms with Crippen molar-refractivity contribution >= 4 is 29.0 Å². The molecular weight excluding hydrogens is 386 g/mol. The van der Waals surface area contributed by atoms with Crippen LogP contribution in [0.4, 0.5) is 17.2 Å². The van der Waals surface area contributed by atoms with Crippen molar-refractivity contribution in [3.63, 3.8) is 0 Å². The molecule has 2 aliphatic rings. The van der Waals surface area contributed by atoms with E-state index in [1.165, 1.54) is 11.0 Å². The Morgan fingerprint density at radius 1 is 1.13 bits per heavy atom. The molecule has 2 saturated heterocycles. The van der Waals surface area contributed by atoms with Gasteiger partial charge in [-0.1, -0.05) is 17.7 Å². The maximum absolute atomic E-state index is 12.8. The van der Waals surface area contributed by atoms with Gasteiger partial charge in [0.1, 0.15) is 0 Å². The van der Waals surface area contributed by atoms with Gasteiger partial charge in [0, 0.05) is 31.4 Å². The van der Waals surface area contributed by atoms with Crippen LogP contribution >= 0.6 is 0 Å². The second kappa shape index (κ2) is 8.19. The van der Waals surface area contributed by atoms with E-state index in [2.05, 4.69) is 10.3 Å². The van der Waals surface area contributed by atoms with Gasteiger partial charge in [0.25, 0.3) is 5.91 Å². The first-order valence-electron chi connectivity index (χ1n) is 9.98. The molecule has 3 heterocycles. The highest BCUT2D eigenvalue weighted by molar-refractivity contribution is 6.22. The van der Waals surface area contributed by atoms with E-state index >= 15 is 0 Å². The highest BCUT2D eigenvalue weighted by Gasteiger charge is 2.40. The predicted octanol–water partition coefficient (Wildman–Crippen LogP) is 2.19. The molecule has 1 N–H and O–H groups in total. The molecule has 0 bridgehead atoms. The number of anilines is 2. The summed E-state index contributed by atoms with van der Waals surface area (Å²) in [6, 6.07) is 9.85. The number of nitrogens with zero attached hydrogens (tertiary/aromatic N) is 4. The molecule has 1 aromatic carbocycles. The van der Waals surface area contributed by atoms with Crippen molar-refractivity contribution in [3.05, 3.63) is 58.3 Å². The molecule has 1 atom stereocenters. The molecule has 2 amide bonds. The minimum Gasteiger partial charge on any atom is -0.351 e. The van der Waals surface area contributed by atoms with Crippen LogP contribution in [-0.2, 0) is 9.59 Å². The molecule has 1 unspecified atom stereocenters. The maximum atomic E-state index is 12.8. The van der Waals surface area contributed by atoms with Crippen LogP contribution in [0.2, 0.25) is 0 Å². The van der Waals surface area contributed by atoms with Gasteiger partial charge in [-0.05, 0) is 38.0 Å². The van der Waals surface area contributed by atoms with E-state index in [1.54, 1.807) is 24.4 Å². The number of nitrogens with one attached hydrogen (secondary N) is 1. The summed E-state index contributed by atoms with van der Waals surface area (Å²) in [5.41, 5.74) is 1.65. The summed E-state index contributed by atoms with van der Waals surface area (Å²) in [5.74, 6) is -0.0619. The maximum Gasteiger partial charge on any atom is 0.311 e. The number of rotatable bonds is 5. The molecule has 4 rings (SSSR count). The number of aromatic nitrogens is 1. The lowest BCUT2D eigenvalue weighted by atomic mass is 10.0.